The molecule has 1 rings (SSSR count). The molecule has 1 N–H and O–H groups in total. The molecule has 4 nitrogen and oxygen atoms in total. The van der Waals surface area contributed by atoms with Crippen LogP contribution in [-0.2, 0) is 13.1 Å². The minimum absolute atomic E-state index is 0.178. The molecule has 1 aromatic heterocycles. The monoisotopic (exact) mass is 234 g/mol. The Bertz CT molecular complexity index is 464. The van der Waals surface area contributed by atoms with Crippen LogP contribution in [0.2, 0.25) is 5.02 Å². The normalized spacial score (nSPS) is 10.5. The van der Waals surface area contributed by atoms with Crippen LogP contribution in [0.4, 0.5) is 0 Å². The van der Waals surface area contributed by atoms with E-state index in [0.29, 0.717) is 17.9 Å². The molecule has 0 saturated heterocycles. The van der Waals surface area contributed by atoms with Crippen molar-refractivity contribution in [1.82, 2.24) is 9.13 Å². The first-order valence-corrected chi connectivity index (χ1v) is 5.05. The van der Waals surface area contributed by atoms with E-state index in [0.717, 1.165) is 0 Å². The molecule has 0 amide bonds. The van der Waals surface area contributed by atoms with Crippen molar-refractivity contribution in [2.75, 3.05) is 0 Å². The molecule has 0 unspecified atom stereocenters. The van der Waals surface area contributed by atoms with Crippen LogP contribution in [-0.4, -0.2) is 14.2 Å². The van der Waals surface area contributed by atoms with Gasteiger partial charge in [0.05, 0.1) is 0 Å². The highest BCUT2D eigenvalue weighted by Crippen LogP contribution is 2.18. The maximum Gasteiger partial charge on any atom is 0.277 e. The second-order valence-electron chi connectivity index (χ2n) is 2.71. The smallest absolute Gasteiger partial charge is 0.277 e. The third-order valence-corrected chi connectivity index (χ3v) is 2.75. The zero-order valence-electron chi connectivity index (χ0n) is 7.95. The highest BCUT2D eigenvalue weighted by atomic mass is 35.5. The van der Waals surface area contributed by atoms with Crippen LogP contribution in [0.15, 0.2) is 4.79 Å². The minimum atomic E-state index is -0.443. The molecule has 0 fully saturated rings. The third-order valence-electron chi connectivity index (χ3n) is 1.98. The summed E-state index contributed by atoms with van der Waals surface area (Å²) in [6.45, 7) is 4.53. The van der Waals surface area contributed by atoms with Crippen LogP contribution in [0.5, 0.6) is 5.88 Å². The largest absolute Gasteiger partial charge is 0.493 e. The fourth-order valence-corrected chi connectivity index (χ4v) is 1.85. The summed E-state index contributed by atoms with van der Waals surface area (Å²) < 4.78 is 3.06. The molecule has 0 aliphatic carbocycles. The Morgan fingerprint density at radius 2 is 1.86 bits per heavy atom. The standard InChI is InChI=1S/C8H11ClN2O2S/c1-3-10-6(12)5(9)7(13)11(4-2)8(10)14/h12H,3-4H2,1-2H3. The summed E-state index contributed by atoms with van der Waals surface area (Å²) in [6.07, 6.45) is 0. The van der Waals surface area contributed by atoms with Gasteiger partial charge in [-0.15, -0.1) is 0 Å². The molecule has 0 bridgehead atoms. The Hall–Kier alpha value is -0.810. The molecular weight excluding hydrogens is 224 g/mol. The highest BCUT2D eigenvalue weighted by Gasteiger charge is 2.12. The fraction of sp³-hybridized carbons (Fsp3) is 0.500. The van der Waals surface area contributed by atoms with Gasteiger partial charge in [0.1, 0.15) is 0 Å². The van der Waals surface area contributed by atoms with E-state index in [9.17, 15) is 9.90 Å². The third kappa shape index (κ3) is 1.57. The summed E-state index contributed by atoms with van der Waals surface area (Å²) in [5.41, 5.74) is -0.443. The molecule has 14 heavy (non-hydrogen) atoms. The van der Waals surface area contributed by atoms with Gasteiger partial charge in [0.2, 0.25) is 5.88 Å². The van der Waals surface area contributed by atoms with E-state index in [2.05, 4.69) is 0 Å². The Kier molecular flexibility index (Phi) is 3.34. The van der Waals surface area contributed by atoms with Crippen LogP contribution >= 0.6 is 23.8 Å². The first-order valence-electron chi connectivity index (χ1n) is 4.26. The average Bonchev–Trinajstić information content (AvgIpc) is 2.16. The van der Waals surface area contributed by atoms with Gasteiger partial charge in [-0.3, -0.25) is 13.9 Å². The average molecular weight is 235 g/mol. The lowest BCUT2D eigenvalue weighted by Crippen LogP contribution is -2.24. The number of hydrogen-bond donors (Lipinski definition) is 1. The first kappa shape index (κ1) is 11.3. The summed E-state index contributed by atoms with van der Waals surface area (Å²) in [4.78, 5) is 11.5. The summed E-state index contributed by atoms with van der Waals surface area (Å²) in [6, 6.07) is 0. The van der Waals surface area contributed by atoms with Gasteiger partial charge in [-0.05, 0) is 26.1 Å². The molecule has 0 aliphatic rings. The first-order chi connectivity index (χ1) is 6.54. The second-order valence-corrected chi connectivity index (χ2v) is 3.46. The van der Waals surface area contributed by atoms with Crippen LogP contribution in [0.25, 0.3) is 0 Å². The zero-order valence-corrected chi connectivity index (χ0v) is 9.52. The van der Waals surface area contributed by atoms with Crippen LogP contribution in [0, 0.1) is 4.77 Å². The van der Waals surface area contributed by atoms with Crippen LogP contribution in [0.3, 0.4) is 0 Å². The molecule has 0 spiro atoms. The minimum Gasteiger partial charge on any atom is -0.493 e. The molecule has 0 aromatic carbocycles. The van der Waals surface area contributed by atoms with Crippen molar-refractivity contribution >= 4 is 23.8 Å². The molecular formula is C8H11ClN2O2S. The van der Waals surface area contributed by atoms with Crippen molar-refractivity contribution in [2.24, 2.45) is 0 Å². The molecule has 0 saturated carbocycles. The van der Waals surface area contributed by atoms with Gasteiger partial charge < -0.3 is 5.11 Å². The van der Waals surface area contributed by atoms with Crippen molar-refractivity contribution in [1.29, 1.82) is 0 Å². The van der Waals surface area contributed by atoms with Gasteiger partial charge in [0.15, 0.2) is 9.79 Å². The molecule has 0 atom stereocenters. The Morgan fingerprint density at radius 1 is 1.36 bits per heavy atom. The van der Waals surface area contributed by atoms with E-state index < -0.39 is 5.56 Å². The van der Waals surface area contributed by atoms with Gasteiger partial charge >= 0.3 is 0 Å². The van der Waals surface area contributed by atoms with Gasteiger partial charge in [-0.25, -0.2) is 0 Å². The molecule has 6 heteroatoms. The number of hydrogen-bond acceptors (Lipinski definition) is 3. The fourth-order valence-electron chi connectivity index (χ4n) is 1.22. The summed E-state index contributed by atoms with van der Waals surface area (Å²) in [5.74, 6) is -0.256. The predicted molar refractivity (Wildman–Crippen MR) is 57.5 cm³/mol. The number of rotatable bonds is 2. The SMILES string of the molecule is CCn1c(O)c(Cl)c(=O)n(CC)c1=S. The lowest BCUT2D eigenvalue weighted by atomic mass is 10.5. The highest BCUT2D eigenvalue weighted by molar-refractivity contribution is 7.71. The number of halogens is 1. The maximum atomic E-state index is 11.5. The van der Waals surface area contributed by atoms with E-state index in [4.69, 9.17) is 23.8 Å². The van der Waals surface area contributed by atoms with E-state index in [1.165, 1.54) is 9.13 Å². The Labute approximate surface area is 91.4 Å². The molecule has 0 aliphatic heterocycles. The maximum absolute atomic E-state index is 11.5. The van der Waals surface area contributed by atoms with Gasteiger partial charge in [-0.1, -0.05) is 11.6 Å². The molecule has 78 valence electrons. The molecule has 0 radical (unpaired) electrons. The van der Waals surface area contributed by atoms with Crippen LogP contribution < -0.4 is 5.56 Å². The van der Waals surface area contributed by atoms with Crippen molar-refractivity contribution in [3.63, 3.8) is 0 Å². The van der Waals surface area contributed by atoms with E-state index in [-0.39, 0.29) is 10.9 Å². The lowest BCUT2D eigenvalue weighted by Gasteiger charge is -2.12. The Morgan fingerprint density at radius 3 is 2.29 bits per heavy atom. The lowest BCUT2D eigenvalue weighted by molar-refractivity contribution is 0.401. The second kappa shape index (κ2) is 4.14. The number of aromatic hydroxyl groups is 1. The molecule has 1 aromatic rings. The topological polar surface area (TPSA) is 47.2 Å². The quantitative estimate of drug-likeness (QED) is 0.794. The van der Waals surface area contributed by atoms with Crippen molar-refractivity contribution in [2.45, 2.75) is 26.9 Å². The number of aromatic nitrogens is 2. The molecule has 1 heterocycles. The van der Waals surface area contributed by atoms with E-state index >= 15 is 0 Å². The van der Waals surface area contributed by atoms with Gasteiger partial charge in [0, 0.05) is 13.1 Å². The number of nitrogens with zero attached hydrogens (tertiary/aromatic N) is 2. The summed E-state index contributed by atoms with van der Waals surface area (Å²) in [5, 5.41) is 9.35. The van der Waals surface area contributed by atoms with Gasteiger partial charge in [0.25, 0.3) is 5.56 Å². The van der Waals surface area contributed by atoms with E-state index in [1.54, 1.807) is 6.92 Å². The van der Waals surface area contributed by atoms with Crippen molar-refractivity contribution < 1.29 is 5.11 Å². The van der Waals surface area contributed by atoms with Crippen LogP contribution in [0.1, 0.15) is 13.8 Å². The van der Waals surface area contributed by atoms with Crippen molar-refractivity contribution in [3.05, 3.63) is 20.1 Å². The Balaban J connectivity index is 3.74. The van der Waals surface area contributed by atoms with Crippen molar-refractivity contribution in [3.8, 4) is 5.88 Å². The summed E-state index contributed by atoms with van der Waals surface area (Å²) >= 11 is 10.7. The van der Waals surface area contributed by atoms with Gasteiger partial charge in [-0.2, -0.15) is 0 Å². The summed E-state index contributed by atoms with van der Waals surface area (Å²) in [7, 11) is 0. The predicted octanol–water partition coefficient (Wildman–Crippen LogP) is 1.78. The zero-order chi connectivity index (χ0) is 10.9. The van der Waals surface area contributed by atoms with E-state index in [1.807, 2.05) is 6.92 Å².